The molecule has 9 aromatic carbocycles. The number of rotatable bonds is 6. The van der Waals surface area contributed by atoms with Gasteiger partial charge in [-0.05, 0) is 104 Å². The molecule has 0 bridgehead atoms. The molecule has 1 aliphatic rings. The first kappa shape index (κ1) is 31.8. The summed E-state index contributed by atoms with van der Waals surface area (Å²) in [7, 11) is 0. The highest BCUT2D eigenvalue weighted by atomic mass is 32.1. The van der Waals surface area contributed by atoms with E-state index in [1.807, 2.05) is 11.3 Å². The van der Waals surface area contributed by atoms with Crippen LogP contribution in [-0.4, -0.2) is 0 Å². The number of hydrogen-bond donors (Lipinski definition) is 0. The molecule has 0 fully saturated rings. The molecule has 0 amide bonds. The molecule has 10 aromatic rings. The first-order valence-electron chi connectivity index (χ1n) is 18.9. The van der Waals surface area contributed by atoms with E-state index in [9.17, 15) is 0 Å². The zero-order valence-electron chi connectivity index (χ0n) is 30.1. The van der Waals surface area contributed by atoms with E-state index in [0.29, 0.717) is 0 Å². The van der Waals surface area contributed by atoms with E-state index in [0.717, 1.165) is 17.1 Å². The van der Waals surface area contributed by atoms with Crippen molar-refractivity contribution in [3.8, 4) is 22.3 Å². The van der Waals surface area contributed by atoms with E-state index in [-0.39, 0.29) is 0 Å². The van der Waals surface area contributed by atoms with Gasteiger partial charge in [-0.1, -0.05) is 164 Å². The Bertz CT molecular complexity index is 2980. The molecular weight excluding hydrogens is 683 g/mol. The maximum absolute atomic E-state index is 2.42. The Hall–Kier alpha value is -6.74. The van der Waals surface area contributed by atoms with Crippen molar-refractivity contribution in [3.05, 3.63) is 235 Å². The molecule has 0 radical (unpaired) electrons. The van der Waals surface area contributed by atoms with Crippen molar-refractivity contribution in [1.82, 2.24) is 0 Å². The SMILES string of the molecule is c1ccc(-c2ccc(N(c3ccc4c5c(ccc4c3)-c3ccccc3C5(c3ccccc3)c3ccccc3)c3ccc4sc5ccccc5c4c3)cc2)cc1. The van der Waals surface area contributed by atoms with Gasteiger partial charge in [0.2, 0.25) is 0 Å². The third-order valence-corrected chi connectivity index (χ3v) is 12.7. The minimum absolute atomic E-state index is 0.465. The highest BCUT2D eigenvalue weighted by molar-refractivity contribution is 7.25. The Morgan fingerprint density at radius 1 is 0.364 bits per heavy atom. The number of fused-ring (bicyclic) bond motifs is 8. The fourth-order valence-electron chi connectivity index (χ4n) is 9.14. The van der Waals surface area contributed by atoms with Crippen LogP contribution in [0.1, 0.15) is 22.3 Å². The molecule has 0 spiro atoms. The van der Waals surface area contributed by atoms with E-state index in [1.54, 1.807) is 0 Å². The van der Waals surface area contributed by atoms with Gasteiger partial charge >= 0.3 is 0 Å². The quantitative estimate of drug-likeness (QED) is 0.166. The minimum Gasteiger partial charge on any atom is -0.310 e. The second kappa shape index (κ2) is 12.7. The zero-order chi connectivity index (χ0) is 36.3. The van der Waals surface area contributed by atoms with E-state index in [2.05, 4.69) is 217 Å². The van der Waals surface area contributed by atoms with Crippen molar-refractivity contribution in [2.75, 3.05) is 4.90 Å². The molecule has 0 unspecified atom stereocenters. The fourth-order valence-corrected chi connectivity index (χ4v) is 10.2. The molecule has 0 saturated carbocycles. The third-order valence-electron chi connectivity index (χ3n) is 11.5. The summed E-state index contributed by atoms with van der Waals surface area (Å²) in [6.45, 7) is 0. The summed E-state index contributed by atoms with van der Waals surface area (Å²) < 4.78 is 2.62. The first-order chi connectivity index (χ1) is 27.3. The Balaban J connectivity index is 1.14. The normalized spacial score (nSPS) is 12.9. The maximum atomic E-state index is 2.42. The average molecular weight is 718 g/mol. The predicted octanol–water partition coefficient (Wildman–Crippen LogP) is 14.7. The third kappa shape index (κ3) is 4.92. The maximum Gasteiger partial charge on any atom is 0.0719 e. The second-order valence-electron chi connectivity index (χ2n) is 14.4. The molecule has 0 aliphatic heterocycles. The molecule has 0 saturated heterocycles. The van der Waals surface area contributed by atoms with Crippen molar-refractivity contribution < 1.29 is 0 Å². The zero-order valence-corrected chi connectivity index (χ0v) is 30.9. The molecule has 55 heavy (non-hydrogen) atoms. The van der Waals surface area contributed by atoms with Crippen LogP contribution >= 0.6 is 11.3 Å². The summed E-state index contributed by atoms with van der Waals surface area (Å²) in [6, 6.07) is 78.3. The van der Waals surface area contributed by atoms with E-state index in [4.69, 9.17) is 0 Å². The van der Waals surface area contributed by atoms with Crippen molar-refractivity contribution >= 4 is 59.3 Å². The van der Waals surface area contributed by atoms with Gasteiger partial charge in [-0.2, -0.15) is 0 Å². The minimum atomic E-state index is -0.465. The average Bonchev–Trinajstić information content (AvgIpc) is 3.79. The predicted molar refractivity (Wildman–Crippen MR) is 234 cm³/mol. The molecule has 1 aromatic heterocycles. The van der Waals surface area contributed by atoms with Crippen molar-refractivity contribution in [2.24, 2.45) is 0 Å². The smallest absolute Gasteiger partial charge is 0.0719 e. The lowest BCUT2D eigenvalue weighted by Crippen LogP contribution is -2.28. The second-order valence-corrected chi connectivity index (χ2v) is 15.5. The Morgan fingerprint density at radius 2 is 0.945 bits per heavy atom. The topological polar surface area (TPSA) is 3.24 Å². The van der Waals surface area contributed by atoms with Crippen LogP contribution in [0.3, 0.4) is 0 Å². The van der Waals surface area contributed by atoms with Crippen LogP contribution in [0.5, 0.6) is 0 Å². The number of thiophene rings is 1. The van der Waals surface area contributed by atoms with Crippen LogP contribution < -0.4 is 4.90 Å². The van der Waals surface area contributed by atoms with E-state index >= 15 is 0 Å². The lowest BCUT2D eigenvalue weighted by molar-refractivity contribution is 0.775. The summed E-state index contributed by atoms with van der Waals surface area (Å²) >= 11 is 1.86. The molecule has 0 N–H and O–H groups in total. The van der Waals surface area contributed by atoms with Crippen molar-refractivity contribution in [2.45, 2.75) is 5.41 Å². The Morgan fingerprint density at radius 3 is 1.71 bits per heavy atom. The van der Waals surface area contributed by atoms with Gasteiger partial charge in [-0.15, -0.1) is 11.3 Å². The largest absolute Gasteiger partial charge is 0.310 e. The van der Waals surface area contributed by atoms with Crippen LogP contribution in [0.15, 0.2) is 212 Å². The Kier molecular flexibility index (Phi) is 7.33. The molecule has 2 heteroatoms. The van der Waals surface area contributed by atoms with Gasteiger partial charge in [0, 0.05) is 37.2 Å². The van der Waals surface area contributed by atoms with Crippen LogP contribution in [0.2, 0.25) is 0 Å². The Labute approximate surface area is 325 Å². The van der Waals surface area contributed by atoms with Crippen molar-refractivity contribution in [3.63, 3.8) is 0 Å². The highest BCUT2D eigenvalue weighted by Gasteiger charge is 2.47. The highest BCUT2D eigenvalue weighted by Crippen LogP contribution is 2.58. The number of hydrogen-bond acceptors (Lipinski definition) is 2. The summed E-state index contributed by atoms with van der Waals surface area (Å²) in [5, 5.41) is 5.07. The molecule has 0 atom stereocenters. The van der Waals surface area contributed by atoms with E-state index in [1.165, 1.54) is 75.5 Å². The van der Waals surface area contributed by atoms with Gasteiger partial charge in [-0.25, -0.2) is 0 Å². The van der Waals surface area contributed by atoms with Crippen molar-refractivity contribution in [1.29, 1.82) is 0 Å². The van der Waals surface area contributed by atoms with Crippen LogP contribution in [0, 0.1) is 0 Å². The standard InChI is InChI=1S/C53H35NS/c1-4-14-36(15-5-1)37-24-27-41(28-25-37)54(43-30-33-51-48(35-43)46-21-11-13-23-50(46)55-51)42-29-32-44-38(34-42)26-31-47-45-20-10-12-22-49(45)53(52(44)47,39-16-6-2-7-17-39)40-18-8-3-9-19-40/h1-35H. The molecule has 1 nitrogen and oxygen atoms in total. The number of anilines is 3. The summed E-state index contributed by atoms with van der Waals surface area (Å²) in [4.78, 5) is 2.42. The lowest BCUT2D eigenvalue weighted by Gasteiger charge is -2.35. The van der Waals surface area contributed by atoms with Gasteiger partial charge in [0.15, 0.2) is 0 Å². The van der Waals surface area contributed by atoms with Gasteiger partial charge in [0.05, 0.1) is 5.41 Å². The fraction of sp³-hybridized carbons (Fsp3) is 0.0189. The molecule has 11 rings (SSSR count). The van der Waals surface area contributed by atoms with Gasteiger partial charge in [0.25, 0.3) is 0 Å². The monoisotopic (exact) mass is 717 g/mol. The van der Waals surface area contributed by atoms with Gasteiger partial charge in [0.1, 0.15) is 0 Å². The lowest BCUT2D eigenvalue weighted by atomic mass is 9.67. The first-order valence-corrected chi connectivity index (χ1v) is 19.7. The summed E-state index contributed by atoms with van der Waals surface area (Å²) in [5.74, 6) is 0. The molecular formula is C53H35NS. The molecule has 1 heterocycles. The molecule has 1 aliphatic carbocycles. The van der Waals surface area contributed by atoms with E-state index < -0.39 is 5.41 Å². The van der Waals surface area contributed by atoms with Crippen LogP contribution in [-0.2, 0) is 5.41 Å². The summed E-state index contributed by atoms with van der Waals surface area (Å²) in [6.07, 6.45) is 0. The van der Waals surface area contributed by atoms with Gasteiger partial charge < -0.3 is 4.90 Å². The number of benzene rings is 9. The van der Waals surface area contributed by atoms with Gasteiger partial charge in [-0.3, -0.25) is 0 Å². The number of nitrogens with zero attached hydrogens (tertiary/aromatic N) is 1. The van der Waals surface area contributed by atoms with Crippen LogP contribution in [0.4, 0.5) is 17.1 Å². The van der Waals surface area contributed by atoms with Crippen LogP contribution in [0.25, 0.3) is 53.2 Å². The summed E-state index contributed by atoms with van der Waals surface area (Å²) in [5.41, 5.74) is 13.2. The molecule has 258 valence electrons.